The van der Waals surface area contributed by atoms with Gasteiger partial charge in [-0.25, -0.2) is 0 Å². The van der Waals surface area contributed by atoms with E-state index in [9.17, 15) is 9.59 Å². The second kappa shape index (κ2) is 5.13. The van der Waals surface area contributed by atoms with E-state index in [4.69, 9.17) is 0 Å². The average molecular weight is 267 g/mol. The van der Waals surface area contributed by atoms with Gasteiger partial charge in [-0.15, -0.1) is 0 Å². The average Bonchev–Trinajstić information content (AvgIpc) is 2.61. The third kappa shape index (κ3) is 2.25. The zero-order chi connectivity index (χ0) is 13.9. The van der Waals surface area contributed by atoms with Gasteiger partial charge in [-0.3, -0.25) is 14.6 Å². The number of nitrogens with one attached hydrogen (secondary N) is 1. The molecular weight excluding hydrogens is 254 g/mol. The number of benzene rings is 1. The molecule has 2 aromatic rings. The van der Waals surface area contributed by atoms with Gasteiger partial charge in [0.15, 0.2) is 0 Å². The van der Waals surface area contributed by atoms with Crippen molar-refractivity contribution in [3.63, 3.8) is 0 Å². The van der Waals surface area contributed by atoms with Crippen molar-refractivity contribution < 1.29 is 9.59 Å². The number of hydrogen-bond donors (Lipinski definition) is 1. The van der Waals surface area contributed by atoms with Gasteiger partial charge in [0.05, 0.1) is 24.3 Å². The third-order valence-corrected chi connectivity index (χ3v) is 3.23. The van der Waals surface area contributed by atoms with Crippen LogP contribution in [0.2, 0.25) is 0 Å². The van der Waals surface area contributed by atoms with Crippen LogP contribution >= 0.6 is 0 Å². The lowest BCUT2D eigenvalue weighted by Gasteiger charge is -2.22. The molecule has 0 saturated carbocycles. The maximum absolute atomic E-state index is 12.2. The van der Waals surface area contributed by atoms with Crippen molar-refractivity contribution >= 4 is 17.5 Å². The van der Waals surface area contributed by atoms with E-state index in [1.54, 1.807) is 35.5 Å². The summed E-state index contributed by atoms with van der Waals surface area (Å²) in [6.45, 7) is 0.436. The molecule has 1 aliphatic heterocycles. The van der Waals surface area contributed by atoms with Gasteiger partial charge in [0.1, 0.15) is 0 Å². The molecule has 5 heteroatoms. The number of aromatic nitrogens is 1. The van der Waals surface area contributed by atoms with Crippen LogP contribution < -0.4 is 10.2 Å². The molecule has 0 aliphatic carbocycles. The summed E-state index contributed by atoms with van der Waals surface area (Å²) in [6, 6.07) is 10.8. The quantitative estimate of drug-likeness (QED) is 0.893. The molecule has 0 saturated heterocycles. The van der Waals surface area contributed by atoms with E-state index in [0.29, 0.717) is 17.8 Å². The molecule has 0 unspecified atom stereocenters. The Balaban J connectivity index is 2.01. The lowest BCUT2D eigenvalue weighted by molar-refractivity contribution is -0.117. The first kappa shape index (κ1) is 12.3. The highest BCUT2D eigenvalue weighted by Crippen LogP contribution is 2.24. The third-order valence-electron chi connectivity index (χ3n) is 3.23. The predicted molar refractivity (Wildman–Crippen MR) is 74.2 cm³/mol. The van der Waals surface area contributed by atoms with Crippen LogP contribution in [0.3, 0.4) is 0 Å². The van der Waals surface area contributed by atoms with Gasteiger partial charge in [0.2, 0.25) is 5.91 Å². The van der Waals surface area contributed by atoms with Crippen molar-refractivity contribution in [2.45, 2.75) is 6.54 Å². The zero-order valence-electron chi connectivity index (χ0n) is 10.7. The summed E-state index contributed by atoms with van der Waals surface area (Å²) in [6.07, 6.45) is 3.37. The molecule has 0 radical (unpaired) electrons. The Morgan fingerprint density at radius 1 is 1.10 bits per heavy atom. The molecule has 5 nitrogen and oxygen atoms in total. The van der Waals surface area contributed by atoms with E-state index in [-0.39, 0.29) is 18.4 Å². The summed E-state index contributed by atoms with van der Waals surface area (Å²) >= 11 is 0. The van der Waals surface area contributed by atoms with E-state index in [0.717, 1.165) is 5.56 Å². The first-order valence-electron chi connectivity index (χ1n) is 6.32. The Labute approximate surface area is 116 Å². The molecule has 2 amide bonds. The minimum absolute atomic E-state index is 0.0125. The van der Waals surface area contributed by atoms with Gasteiger partial charge in [-0.2, -0.15) is 0 Å². The van der Waals surface area contributed by atoms with Gasteiger partial charge in [-0.05, 0) is 29.8 Å². The van der Waals surface area contributed by atoms with E-state index < -0.39 is 0 Å². The smallest absolute Gasteiger partial charge is 0.253 e. The Morgan fingerprint density at radius 3 is 2.65 bits per heavy atom. The number of para-hydroxylation sites is 1. The molecule has 3 rings (SSSR count). The number of rotatable bonds is 2. The number of hydrogen-bond acceptors (Lipinski definition) is 3. The van der Waals surface area contributed by atoms with Gasteiger partial charge in [-0.1, -0.05) is 12.1 Å². The first-order chi connectivity index (χ1) is 9.75. The lowest BCUT2D eigenvalue weighted by atomic mass is 10.1. The fraction of sp³-hybridized carbons (Fsp3) is 0.133. The second-order valence-electron chi connectivity index (χ2n) is 4.54. The highest BCUT2D eigenvalue weighted by Gasteiger charge is 2.25. The van der Waals surface area contributed by atoms with Crippen molar-refractivity contribution in [1.29, 1.82) is 0 Å². The number of carbonyl (C=O) groups is 2. The van der Waals surface area contributed by atoms with E-state index in [1.807, 2.05) is 18.2 Å². The molecule has 0 fully saturated rings. The topological polar surface area (TPSA) is 62.3 Å². The summed E-state index contributed by atoms with van der Waals surface area (Å²) in [4.78, 5) is 29.8. The Bertz CT molecular complexity index is 655. The number of nitrogens with zero attached hydrogens (tertiary/aromatic N) is 2. The number of amides is 2. The number of fused-ring (bicyclic) bond motifs is 1. The maximum atomic E-state index is 12.2. The van der Waals surface area contributed by atoms with Gasteiger partial charge in [0, 0.05) is 12.4 Å². The van der Waals surface area contributed by atoms with Crippen LogP contribution in [0.1, 0.15) is 15.9 Å². The molecule has 0 atom stereocenters. The molecule has 1 aromatic carbocycles. The Kier molecular flexibility index (Phi) is 3.16. The Hall–Kier alpha value is -2.69. The predicted octanol–water partition coefficient (Wildman–Crippen LogP) is 1.36. The summed E-state index contributed by atoms with van der Waals surface area (Å²) < 4.78 is 0. The summed E-state index contributed by atoms with van der Waals surface area (Å²) in [7, 11) is 0. The monoisotopic (exact) mass is 267 g/mol. The van der Waals surface area contributed by atoms with E-state index in [1.165, 1.54) is 0 Å². The molecule has 1 aliphatic rings. The van der Waals surface area contributed by atoms with Crippen LogP contribution in [0.15, 0.2) is 48.8 Å². The molecular formula is C15H13N3O2. The maximum Gasteiger partial charge on any atom is 0.253 e. The summed E-state index contributed by atoms with van der Waals surface area (Å²) in [5.41, 5.74) is 2.13. The minimum atomic E-state index is -0.217. The van der Waals surface area contributed by atoms with Crippen LogP contribution in [0, 0.1) is 0 Å². The summed E-state index contributed by atoms with van der Waals surface area (Å²) in [5, 5.41) is 2.62. The van der Waals surface area contributed by atoms with Crippen molar-refractivity contribution in [1.82, 2.24) is 10.3 Å². The molecule has 1 aromatic heterocycles. The molecule has 20 heavy (non-hydrogen) atoms. The number of carbonyl (C=O) groups excluding carboxylic acids is 2. The van der Waals surface area contributed by atoms with Gasteiger partial charge in [0.25, 0.3) is 5.91 Å². The number of pyridine rings is 1. The molecule has 100 valence electrons. The van der Waals surface area contributed by atoms with Gasteiger partial charge < -0.3 is 10.2 Å². The number of anilines is 1. The van der Waals surface area contributed by atoms with Crippen molar-refractivity contribution in [3.05, 3.63) is 59.9 Å². The minimum Gasteiger partial charge on any atom is -0.343 e. The van der Waals surface area contributed by atoms with Crippen molar-refractivity contribution in [3.8, 4) is 0 Å². The zero-order valence-corrected chi connectivity index (χ0v) is 10.7. The van der Waals surface area contributed by atoms with Crippen LogP contribution in [-0.4, -0.2) is 23.3 Å². The van der Waals surface area contributed by atoms with Crippen molar-refractivity contribution in [2.24, 2.45) is 0 Å². The summed E-state index contributed by atoms with van der Waals surface area (Å²) in [5.74, 6) is -0.341. The fourth-order valence-corrected chi connectivity index (χ4v) is 2.23. The standard InChI is InChI=1S/C15H13N3O2/c19-14-9-17-15(20)12-3-1-2-4-13(12)18(14)10-11-5-7-16-8-6-11/h1-8H,9-10H2,(H,17,20). The highest BCUT2D eigenvalue weighted by molar-refractivity contribution is 6.09. The van der Waals surface area contributed by atoms with Crippen LogP contribution in [0.4, 0.5) is 5.69 Å². The molecule has 1 N–H and O–H groups in total. The van der Waals surface area contributed by atoms with E-state index in [2.05, 4.69) is 10.3 Å². The van der Waals surface area contributed by atoms with Crippen LogP contribution in [0.25, 0.3) is 0 Å². The highest BCUT2D eigenvalue weighted by atomic mass is 16.2. The Morgan fingerprint density at radius 2 is 1.85 bits per heavy atom. The molecule has 0 spiro atoms. The largest absolute Gasteiger partial charge is 0.343 e. The second-order valence-corrected chi connectivity index (χ2v) is 4.54. The van der Waals surface area contributed by atoms with Gasteiger partial charge >= 0.3 is 0 Å². The van der Waals surface area contributed by atoms with Crippen LogP contribution in [0.5, 0.6) is 0 Å². The van der Waals surface area contributed by atoms with Crippen molar-refractivity contribution in [2.75, 3.05) is 11.4 Å². The fourth-order valence-electron chi connectivity index (χ4n) is 2.23. The normalized spacial score (nSPS) is 14.5. The first-order valence-corrected chi connectivity index (χ1v) is 6.32. The lowest BCUT2D eigenvalue weighted by Crippen LogP contribution is -2.36. The SMILES string of the molecule is O=C1NCC(=O)N(Cc2ccncc2)c2ccccc21. The molecule has 2 heterocycles. The molecule has 0 bridgehead atoms. The van der Waals surface area contributed by atoms with Crippen LogP contribution in [-0.2, 0) is 11.3 Å². The van der Waals surface area contributed by atoms with E-state index >= 15 is 0 Å².